The predicted octanol–water partition coefficient (Wildman–Crippen LogP) is 1.65. The molecule has 3 rings (SSSR count). The summed E-state index contributed by atoms with van der Waals surface area (Å²) in [6.45, 7) is 0.449. The lowest BCUT2D eigenvalue weighted by atomic mass is 9.82. The maximum atomic E-state index is 12.3. The monoisotopic (exact) mass is 321 g/mol. The van der Waals surface area contributed by atoms with E-state index in [1.165, 1.54) is 0 Å². The first-order valence-corrected chi connectivity index (χ1v) is 7.53. The standard InChI is InChI=1S/C16H16ClNO4/c17-10-3-1-9(2-4-10)7-8-18-15(19)13-11-5-6-12(22-11)14(13)16(20)21/h1-6,11-14H,7-8H2,(H,18,19)(H,20,21)/t11-,12+,13-,14+/m1/s1. The van der Waals surface area contributed by atoms with Crippen LogP contribution in [0.5, 0.6) is 0 Å². The van der Waals surface area contributed by atoms with Gasteiger partial charge in [-0.1, -0.05) is 35.9 Å². The highest BCUT2D eigenvalue weighted by molar-refractivity contribution is 6.30. The first kappa shape index (κ1) is 15.1. The fraction of sp³-hybridized carbons (Fsp3) is 0.375. The Morgan fingerprint density at radius 2 is 1.77 bits per heavy atom. The number of ether oxygens (including phenoxy) is 1. The Morgan fingerprint density at radius 1 is 1.14 bits per heavy atom. The second-order valence-corrected chi connectivity index (χ2v) is 5.94. The molecular weight excluding hydrogens is 306 g/mol. The zero-order chi connectivity index (χ0) is 15.7. The van der Waals surface area contributed by atoms with Gasteiger partial charge in [0.2, 0.25) is 5.91 Å². The topological polar surface area (TPSA) is 75.6 Å². The minimum atomic E-state index is -0.991. The molecule has 4 atom stereocenters. The zero-order valence-electron chi connectivity index (χ0n) is 11.7. The van der Waals surface area contributed by atoms with Crippen LogP contribution in [0.3, 0.4) is 0 Å². The summed E-state index contributed by atoms with van der Waals surface area (Å²) in [5.41, 5.74) is 1.06. The van der Waals surface area contributed by atoms with Gasteiger partial charge in [0.05, 0.1) is 18.1 Å². The Kier molecular flexibility index (Phi) is 4.18. The zero-order valence-corrected chi connectivity index (χ0v) is 12.5. The minimum absolute atomic E-state index is 0.266. The summed E-state index contributed by atoms with van der Waals surface area (Å²) in [5, 5.41) is 12.8. The highest BCUT2D eigenvalue weighted by Crippen LogP contribution is 2.39. The summed E-state index contributed by atoms with van der Waals surface area (Å²) in [6, 6.07) is 7.40. The highest BCUT2D eigenvalue weighted by atomic mass is 35.5. The number of halogens is 1. The number of rotatable bonds is 5. The average Bonchev–Trinajstić information content (AvgIpc) is 3.09. The molecule has 0 radical (unpaired) electrons. The van der Waals surface area contributed by atoms with E-state index >= 15 is 0 Å². The van der Waals surface area contributed by atoms with Gasteiger partial charge in [-0.2, -0.15) is 0 Å². The molecule has 2 aliphatic heterocycles. The molecule has 0 saturated carbocycles. The van der Waals surface area contributed by atoms with Gasteiger partial charge in [-0.25, -0.2) is 0 Å². The Labute approximate surface area is 132 Å². The van der Waals surface area contributed by atoms with E-state index in [0.717, 1.165) is 5.56 Å². The smallest absolute Gasteiger partial charge is 0.310 e. The Hall–Kier alpha value is -1.85. The molecule has 0 aromatic heterocycles. The van der Waals surface area contributed by atoms with Crippen LogP contribution in [0, 0.1) is 11.8 Å². The van der Waals surface area contributed by atoms with Crippen molar-refractivity contribution in [3.63, 3.8) is 0 Å². The number of nitrogens with one attached hydrogen (secondary N) is 1. The van der Waals surface area contributed by atoms with E-state index in [9.17, 15) is 14.7 Å². The van der Waals surface area contributed by atoms with Gasteiger partial charge in [-0.15, -0.1) is 0 Å². The summed E-state index contributed by atoms with van der Waals surface area (Å²) in [4.78, 5) is 23.6. The molecule has 2 N–H and O–H groups in total. The molecule has 1 saturated heterocycles. The molecular formula is C16H16ClNO4. The summed E-state index contributed by atoms with van der Waals surface area (Å²) >= 11 is 5.82. The SMILES string of the molecule is O=C(O)[C@@H]1[C@H](C(=O)NCCc2ccc(Cl)cc2)[C@H]2C=C[C@@H]1O2. The van der Waals surface area contributed by atoms with Crippen LogP contribution in [0.1, 0.15) is 5.56 Å². The predicted molar refractivity (Wildman–Crippen MR) is 80.6 cm³/mol. The third-order valence-electron chi connectivity index (χ3n) is 4.11. The number of amides is 1. The van der Waals surface area contributed by atoms with Gasteiger partial charge in [0.1, 0.15) is 5.92 Å². The van der Waals surface area contributed by atoms with Crippen LogP contribution in [0.25, 0.3) is 0 Å². The summed E-state index contributed by atoms with van der Waals surface area (Å²) < 4.78 is 5.49. The summed E-state index contributed by atoms with van der Waals surface area (Å²) in [6.07, 6.45) is 3.24. The van der Waals surface area contributed by atoms with Crippen molar-refractivity contribution < 1.29 is 19.4 Å². The van der Waals surface area contributed by atoms with Crippen molar-refractivity contribution in [2.45, 2.75) is 18.6 Å². The van der Waals surface area contributed by atoms with E-state index < -0.39 is 30.0 Å². The fourth-order valence-corrected chi connectivity index (χ4v) is 3.14. The maximum absolute atomic E-state index is 12.3. The number of hydrogen-bond donors (Lipinski definition) is 2. The normalized spacial score (nSPS) is 28.8. The number of carboxylic acid groups (broad SMARTS) is 1. The number of fused-ring (bicyclic) bond motifs is 2. The molecule has 0 aliphatic carbocycles. The highest BCUT2D eigenvalue weighted by Gasteiger charge is 2.53. The third kappa shape index (κ3) is 2.87. The third-order valence-corrected chi connectivity index (χ3v) is 4.37. The van der Waals surface area contributed by atoms with Gasteiger partial charge < -0.3 is 15.2 Å². The molecule has 0 unspecified atom stereocenters. The number of aliphatic carboxylic acids is 1. The van der Waals surface area contributed by atoms with Crippen LogP contribution in [0.2, 0.25) is 5.02 Å². The van der Waals surface area contributed by atoms with Crippen molar-refractivity contribution in [1.82, 2.24) is 5.32 Å². The average molecular weight is 322 g/mol. The Balaban J connectivity index is 1.56. The molecule has 0 spiro atoms. The molecule has 2 aliphatic rings. The van der Waals surface area contributed by atoms with Crippen molar-refractivity contribution in [3.05, 3.63) is 47.0 Å². The number of hydrogen-bond acceptors (Lipinski definition) is 3. The lowest BCUT2D eigenvalue weighted by Crippen LogP contribution is -2.43. The van der Waals surface area contributed by atoms with E-state index in [2.05, 4.69) is 5.32 Å². The fourth-order valence-electron chi connectivity index (χ4n) is 3.01. The number of benzene rings is 1. The van der Waals surface area contributed by atoms with Crippen LogP contribution < -0.4 is 5.32 Å². The second kappa shape index (κ2) is 6.10. The van der Waals surface area contributed by atoms with Gasteiger partial charge in [-0.3, -0.25) is 9.59 Å². The first-order chi connectivity index (χ1) is 10.6. The minimum Gasteiger partial charge on any atom is -0.481 e. The van der Waals surface area contributed by atoms with Crippen molar-refractivity contribution >= 4 is 23.5 Å². The van der Waals surface area contributed by atoms with Gasteiger partial charge >= 0.3 is 5.97 Å². The molecule has 22 heavy (non-hydrogen) atoms. The van der Waals surface area contributed by atoms with Crippen LogP contribution >= 0.6 is 11.6 Å². The molecule has 1 aromatic rings. The number of carbonyl (C=O) groups is 2. The van der Waals surface area contributed by atoms with Gasteiger partial charge in [0.15, 0.2) is 0 Å². The lowest BCUT2D eigenvalue weighted by Gasteiger charge is -2.20. The Morgan fingerprint density at radius 3 is 2.41 bits per heavy atom. The van der Waals surface area contributed by atoms with Gasteiger partial charge in [0, 0.05) is 11.6 Å². The summed E-state index contributed by atoms with van der Waals surface area (Å²) in [5.74, 6) is -2.71. The van der Waals surface area contributed by atoms with Crippen molar-refractivity contribution in [3.8, 4) is 0 Å². The number of carboxylic acids is 1. The Bertz CT molecular complexity index is 613. The van der Waals surface area contributed by atoms with Crippen LogP contribution in [-0.4, -0.2) is 35.7 Å². The van der Waals surface area contributed by atoms with Crippen molar-refractivity contribution in [2.24, 2.45) is 11.8 Å². The van der Waals surface area contributed by atoms with E-state index in [0.29, 0.717) is 18.0 Å². The van der Waals surface area contributed by atoms with E-state index in [1.54, 1.807) is 24.3 Å². The molecule has 5 nitrogen and oxygen atoms in total. The molecule has 2 heterocycles. The molecule has 1 amide bonds. The lowest BCUT2D eigenvalue weighted by molar-refractivity contribution is -0.146. The van der Waals surface area contributed by atoms with Crippen molar-refractivity contribution in [2.75, 3.05) is 6.54 Å². The second-order valence-electron chi connectivity index (χ2n) is 5.51. The van der Waals surface area contributed by atoms with E-state index in [4.69, 9.17) is 16.3 Å². The molecule has 2 bridgehead atoms. The molecule has 1 aromatic carbocycles. The van der Waals surface area contributed by atoms with Gasteiger partial charge in [0.25, 0.3) is 0 Å². The first-order valence-electron chi connectivity index (χ1n) is 7.15. The quantitative estimate of drug-likeness (QED) is 0.809. The van der Waals surface area contributed by atoms with Gasteiger partial charge in [-0.05, 0) is 24.1 Å². The van der Waals surface area contributed by atoms with Crippen LogP contribution in [0.4, 0.5) is 0 Å². The number of carbonyl (C=O) groups excluding carboxylic acids is 1. The molecule has 116 valence electrons. The molecule has 1 fully saturated rings. The van der Waals surface area contributed by atoms with E-state index in [1.807, 2.05) is 12.1 Å². The maximum Gasteiger partial charge on any atom is 0.310 e. The summed E-state index contributed by atoms with van der Waals surface area (Å²) in [7, 11) is 0. The van der Waals surface area contributed by atoms with Crippen LogP contribution in [-0.2, 0) is 20.7 Å². The largest absolute Gasteiger partial charge is 0.481 e. The van der Waals surface area contributed by atoms with Crippen LogP contribution in [0.15, 0.2) is 36.4 Å². The molecule has 6 heteroatoms. The van der Waals surface area contributed by atoms with E-state index in [-0.39, 0.29) is 5.91 Å². The van der Waals surface area contributed by atoms with Crippen molar-refractivity contribution in [1.29, 1.82) is 0 Å².